The lowest BCUT2D eigenvalue weighted by Gasteiger charge is -2.27. The third-order valence-corrected chi connectivity index (χ3v) is 5.56. The van der Waals surface area contributed by atoms with Crippen molar-refractivity contribution in [3.8, 4) is 6.07 Å². The number of carbonyl (C=O) groups is 1. The van der Waals surface area contributed by atoms with Crippen LogP contribution < -0.4 is 16.4 Å². The number of nitriles is 1. The second kappa shape index (κ2) is 7.63. The van der Waals surface area contributed by atoms with Crippen molar-refractivity contribution < 1.29 is 9.21 Å². The fraction of sp³-hybridized carbons (Fsp3) is 0.524. The average Bonchev–Trinajstić information content (AvgIpc) is 3.44. The molecule has 0 bridgehead atoms. The molecule has 1 saturated carbocycles. The minimum absolute atomic E-state index is 0.0813. The van der Waals surface area contributed by atoms with Crippen LogP contribution in [0.4, 0.5) is 5.82 Å². The maximum absolute atomic E-state index is 12.9. The predicted molar refractivity (Wildman–Crippen MR) is 107 cm³/mol. The van der Waals surface area contributed by atoms with Crippen molar-refractivity contribution in [3.05, 3.63) is 34.8 Å². The molecule has 1 fully saturated rings. The molecule has 1 heterocycles. The molecule has 0 saturated heterocycles. The van der Waals surface area contributed by atoms with Crippen LogP contribution in [0.25, 0.3) is 11.0 Å². The standard InChI is InChI=1S/C21H26N4O3/c1-4-20(2,3)10-9-15(18(26)25-21(13-22)11-12-21)23-17-14-7-5-6-8-16(14)28-19(27)24-17/h5-8,15H,4,9-12H2,1-3H3,(H,25,26)(H,23,24,27)/t15-/m0/s1. The Balaban J connectivity index is 1.87. The molecule has 1 amide bonds. The topological polar surface area (TPSA) is 108 Å². The van der Waals surface area contributed by atoms with Crippen LogP contribution in [0.2, 0.25) is 0 Å². The summed E-state index contributed by atoms with van der Waals surface area (Å²) in [5, 5.41) is 15.9. The summed E-state index contributed by atoms with van der Waals surface area (Å²) in [5.41, 5.74) is -0.255. The molecular formula is C21H26N4O3. The van der Waals surface area contributed by atoms with Crippen LogP contribution in [-0.2, 0) is 4.79 Å². The Kier molecular flexibility index (Phi) is 5.41. The number of benzene rings is 1. The van der Waals surface area contributed by atoms with Crippen molar-refractivity contribution in [2.45, 2.75) is 64.5 Å². The number of hydrogen-bond donors (Lipinski definition) is 2. The number of fused-ring (bicyclic) bond motifs is 1. The van der Waals surface area contributed by atoms with E-state index in [1.54, 1.807) is 18.2 Å². The molecule has 2 aromatic rings. The van der Waals surface area contributed by atoms with Crippen molar-refractivity contribution >= 4 is 22.7 Å². The van der Waals surface area contributed by atoms with Crippen LogP contribution >= 0.6 is 0 Å². The molecule has 7 heteroatoms. The van der Waals surface area contributed by atoms with E-state index in [9.17, 15) is 14.9 Å². The quantitative estimate of drug-likeness (QED) is 0.725. The van der Waals surface area contributed by atoms with E-state index >= 15 is 0 Å². The lowest BCUT2D eigenvalue weighted by molar-refractivity contribution is -0.122. The Labute approximate surface area is 164 Å². The summed E-state index contributed by atoms with van der Waals surface area (Å²) in [6, 6.07) is 8.65. The van der Waals surface area contributed by atoms with Gasteiger partial charge in [-0.3, -0.25) is 4.79 Å². The number of para-hydroxylation sites is 1. The van der Waals surface area contributed by atoms with Gasteiger partial charge in [-0.05, 0) is 43.2 Å². The fourth-order valence-corrected chi connectivity index (χ4v) is 2.99. The Morgan fingerprint density at radius 2 is 2.11 bits per heavy atom. The third kappa shape index (κ3) is 4.50. The highest BCUT2D eigenvalue weighted by atomic mass is 16.4. The number of carbonyl (C=O) groups excluding carboxylic acids is 1. The van der Waals surface area contributed by atoms with Crippen LogP contribution in [0, 0.1) is 16.7 Å². The molecular weight excluding hydrogens is 356 g/mol. The number of nitrogens with one attached hydrogen (secondary N) is 2. The average molecular weight is 382 g/mol. The van der Waals surface area contributed by atoms with Crippen LogP contribution in [-0.4, -0.2) is 22.5 Å². The van der Waals surface area contributed by atoms with Crippen LogP contribution in [0.15, 0.2) is 33.5 Å². The van der Waals surface area contributed by atoms with Gasteiger partial charge in [0.25, 0.3) is 0 Å². The van der Waals surface area contributed by atoms with Gasteiger partial charge in [-0.15, -0.1) is 0 Å². The van der Waals surface area contributed by atoms with Crippen molar-refractivity contribution in [3.63, 3.8) is 0 Å². The molecule has 2 N–H and O–H groups in total. The zero-order valence-corrected chi connectivity index (χ0v) is 16.5. The normalized spacial score (nSPS) is 16.2. The smallest absolute Gasteiger partial charge is 0.408 e. The molecule has 1 aromatic carbocycles. The first-order valence-corrected chi connectivity index (χ1v) is 9.67. The minimum atomic E-state index is -0.748. The van der Waals surface area contributed by atoms with Crippen molar-refractivity contribution in [1.29, 1.82) is 5.26 Å². The molecule has 28 heavy (non-hydrogen) atoms. The molecule has 7 nitrogen and oxygen atoms in total. The van der Waals surface area contributed by atoms with Gasteiger partial charge >= 0.3 is 5.76 Å². The summed E-state index contributed by atoms with van der Waals surface area (Å²) >= 11 is 0. The summed E-state index contributed by atoms with van der Waals surface area (Å²) in [6.45, 7) is 6.43. The first-order valence-electron chi connectivity index (χ1n) is 9.67. The van der Waals surface area contributed by atoms with E-state index in [0.29, 0.717) is 36.0 Å². The van der Waals surface area contributed by atoms with Gasteiger partial charge in [0.05, 0.1) is 11.5 Å². The van der Waals surface area contributed by atoms with Gasteiger partial charge in [0.1, 0.15) is 23.0 Å². The highest BCUT2D eigenvalue weighted by molar-refractivity contribution is 5.91. The molecule has 0 aliphatic heterocycles. The fourth-order valence-electron chi connectivity index (χ4n) is 2.99. The van der Waals surface area contributed by atoms with Crippen molar-refractivity contribution in [2.75, 3.05) is 5.32 Å². The van der Waals surface area contributed by atoms with E-state index in [1.165, 1.54) is 0 Å². The van der Waals surface area contributed by atoms with Gasteiger partial charge in [-0.2, -0.15) is 10.2 Å². The maximum atomic E-state index is 12.9. The molecule has 1 aliphatic carbocycles. The van der Waals surface area contributed by atoms with Gasteiger partial charge in [-0.1, -0.05) is 39.3 Å². The van der Waals surface area contributed by atoms with Gasteiger partial charge in [-0.25, -0.2) is 4.79 Å². The molecule has 1 aromatic heterocycles. The monoisotopic (exact) mass is 382 g/mol. The van der Waals surface area contributed by atoms with E-state index in [1.807, 2.05) is 6.07 Å². The van der Waals surface area contributed by atoms with Crippen molar-refractivity contribution in [1.82, 2.24) is 10.3 Å². The van der Waals surface area contributed by atoms with Crippen LogP contribution in [0.3, 0.4) is 0 Å². The van der Waals surface area contributed by atoms with Crippen LogP contribution in [0.5, 0.6) is 0 Å². The van der Waals surface area contributed by atoms with Gasteiger partial charge in [0.2, 0.25) is 5.91 Å². The molecule has 0 unspecified atom stereocenters. The Morgan fingerprint density at radius 1 is 1.39 bits per heavy atom. The molecule has 3 rings (SSSR count). The SMILES string of the molecule is CCC(C)(C)CC[C@H](Nc1nc(=O)oc2ccccc12)C(=O)NC1(C#N)CC1. The number of anilines is 1. The minimum Gasteiger partial charge on any atom is -0.408 e. The Bertz CT molecular complexity index is 970. The van der Waals surface area contributed by atoms with Gasteiger partial charge < -0.3 is 15.1 Å². The first-order chi connectivity index (χ1) is 13.3. The third-order valence-electron chi connectivity index (χ3n) is 5.56. The maximum Gasteiger partial charge on any atom is 0.441 e. The zero-order valence-electron chi connectivity index (χ0n) is 16.5. The number of amides is 1. The van der Waals surface area contributed by atoms with E-state index in [2.05, 4.69) is 42.5 Å². The molecule has 0 radical (unpaired) electrons. The zero-order chi connectivity index (χ0) is 20.4. The second-order valence-electron chi connectivity index (χ2n) is 8.26. The molecule has 1 aliphatic rings. The highest BCUT2D eigenvalue weighted by Gasteiger charge is 2.45. The van der Waals surface area contributed by atoms with Crippen LogP contribution in [0.1, 0.15) is 52.9 Å². The second-order valence-corrected chi connectivity index (χ2v) is 8.26. The summed E-state index contributed by atoms with van der Waals surface area (Å²) in [6.07, 6.45) is 3.69. The lowest BCUT2D eigenvalue weighted by Crippen LogP contribution is -2.46. The first kappa shape index (κ1) is 19.9. The largest absolute Gasteiger partial charge is 0.441 e. The van der Waals surface area contributed by atoms with E-state index in [4.69, 9.17) is 4.42 Å². The number of hydrogen-bond acceptors (Lipinski definition) is 6. The molecule has 0 spiro atoms. The van der Waals surface area contributed by atoms with E-state index < -0.39 is 17.3 Å². The van der Waals surface area contributed by atoms with E-state index in [-0.39, 0.29) is 11.3 Å². The number of rotatable bonds is 8. The highest BCUT2D eigenvalue weighted by Crippen LogP contribution is 2.35. The van der Waals surface area contributed by atoms with Gasteiger partial charge in [0, 0.05) is 0 Å². The summed E-state index contributed by atoms with van der Waals surface area (Å²) in [4.78, 5) is 28.7. The number of nitrogens with zero attached hydrogens (tertiary/aromatic N) is 2. The Hall–Kier alpha value is -2.88. The van der Waals surface area contributed by atoms with Crippen molar-refractivity contribution in [2.24, 2.45) is 5.41 Å². The van der Waals surface area contributed by atoms with Gasteiger partial charge in [0.15, 0.2) is 0 Å². The number of aromatic nitrogens is 1. The molecule has 1 atom stereocenters. The summed E-state index contributed by atoms with van der Waals surface area (Å²) in [7, 11) is 0. The summed E-state index contributed by atoms with van der Waals surface area (Å²) < 4.78 is 5.13. The lowest BCUT2D eigenvalue weighted by atomic mass is 9.83. The Morgan fingerprint density at radius 3 is 2.75 bits per heavy atom. The van der Waals surface area contributed by atoms with E-state index in [0.717, 1.165) is 12.8 Å². The summed E-state index contributed by atoms with van der Waals surface area (Å²) in [5.74, 6) is -0.641. The predicted octanol–water partition coefficient (Wildman–Crippen LogP) is 3.36. The molecule has 148 valence electrons.